The largest absolute Gasteiger partial charge is 0.481 e. The van der Waals surface area contributed by atoms with Crippen LogP contribution in [0.15, 0.2) is 67.3 Å². The SMILES string of the molecule is C=CC(=O)Cc1cccc(-c2cc(OC)nc(Nc3cccc(N4CCCCC4)c3)n2)c1. The monoisotopic (exact) mass is 428 g/mol. The van der Waals surface area contributed by atoms with Crippen LogP contribution in [-0.2, 0) is 11.2 Å². The summed E-state index contributed by atoms with van der Waals surface area (Å²) in [6.45, 7) is 5.73. The molecule has 0 radical (unpaired) electrons. The number of piperidine rings is 1. The predicted octanol–water partition coefficient (Wildman–Crippen LogP) is 5.18. The van der Waals surface area contributed by atoms with Gasteiger partial charge in [-0.05, 0) is 55.2 Å². The van der Waals surface area contributed by atoms with Gasteiger partial charge in [0, 0.05) is 42.5 Å². The van der Waals surface area contributed by atoms with Gasteiger partial charge < -0.3 is 15.0 Å². The Morgan fingerprint density at radius 2 is 1.91 bits per heavy atom. The number of benzene rings is 2. The standard InChI is InChI=1S/C26H28N4O2/c1-3-23(31)16-19-9-7-10-20(15-19)24-18-25(32-2)29-26(28-24)27-21-11-8-12-22(17-21)30-13-5-4-6-14-30/h3,7-12,15,17-18H,1,4-6,13-14,16H2,2H3,(H,27,28,29). The molecule has 0 aliphatic carbocycles. The van der Waals surface area contributed by atoms with Crippen molar-refractivity contribution >= 4 is 23.1 Å². The summed E-state index contributed by atoms with van der Waals surface area (Å²) in [5.41, 5.74) is 4.66. The molecule has 1 saturated heterocycles. The van der Waals surface area contributed by atoms with Crippen molar-refractivity contribution in [1.29, 1.82) is 0 Å². The number of nitrogens with one attached hydrogen (secondary N) is 1. The average molecular weight is 429 g/mol. The molecular weight excluding hydrogens is 400 g/mol. The third-order valence-corrected chi connectivity index (χ3v) is 5.56. The number of methoxy groups -OCH3 is 1. The second-order valence-corrected chi connectivity index (χ2v) is 7.89. The molecule has 2 aromatic carbocycles. The van der Waals surface area contributed by atoms with Crippen LogP contribution in [0.3, 0.4) is 0 Å². The second kappa shape index (κ2) is 10.1. The van der Waals surface area contributed by atoms with Crippen LogP contribution in [0.25, 0.3) is 11.3 Å². The number of ether oxygens (including phenoxy) is 1. The van der Waals surface area contributed by atoms with Gasteiger partial charge in [-0.15, -0.1) is 0 Å². The second-order valence-electron chi connectivity index (χ2n) is 7.89. The molecule has 3 aromatic rings. The van der Waals surface area contributed by atoms with Crippen LogP contribution in [0.4, 0.5) is 17.3 Å². The minimum absolute atomic E-state index is 0.0154. The lowest BCUT2D eigenvalue weighted by Crippen LogP contribution is -2.29. The van der Waals surface area contributed by atoms with Gasteiger partial charge in [0.05, 0.1) is 12.8 Å². The number of carbonyl (C=O) groups excluding carboxylic acids is 1. The third-order valence-electron chi connectivity index (χ3n) is 5.56. The van der Waals surface area contributed by atoms with Crippen LogP contribution in [0.5, 0.6) is 5.88 Å². The zero-order chi connectivity index (χ0) is 22.3. The van der Waals surface area contributed by atoms with Gasteiger partial charge in [-0.1, -0.05) is 30.8 Å². The van der Waals surface area contributed by atoms with Crippen molar-refractivity contribution in [3.63, 3.8) is 0 Å². The van der Waals surface area contributed by atoms with E-state index in [1.54, 1.807) is 13.2 Å². The summed E-state index contributed by atoms with van der Waals surface area (Å²) in [4.78, 5) is 23.4. The first kappa shape index (κ1) is 21.6. The summed E-state index contributed by atoms with van der Waals surface area (Å²) < 4.78 is 5.42. The van der Waals surface area contributed by atoms with E-state index < -0.39 is 0 Å². The first-order valence-corrected chi connectivity index (χ1v) is 10.9. The molecule has 0 atom stereocenters. The number of rotatable bonds is 8. The summed E-state index contributed by atoms with van der Waals surface area (Å²) >= 11 is 0. The van der Waals surface area contributed by atoms with Crippen molar-refractivity contribution in [2.75, 3.05) is 30.4 Å². The Bertz CT molecular complexity index is 1110. The fourth-order valence-electron chi connectivity index (χ4n) is 3.91. The van der Waals surface area contributed by atoms with E-state index >= 15 is 0 Å². The van der Waals surface area contributed by atoms with Crippen LogP contribution < -0.4 is 15.0 Å². The molecule has 2 heterocycles. The number of hydrogen-bond donors (Lipinski definition) is 1. The fourth-order valence-corrected chi connectivity index (χ4v) is 3.91. The number of aromatic nitrogens is 2. The van der Waals surface area contributed by atoms with Gasteiger partial charge in [0.15, 0.2) is 5.78 Å². The van der Waals surface area contributed by atoms with Gasteiger partial charge in [0.25, 0.3) is 0 Å². The van der Waals surface area contributed by atoms with Crippen molar-refractivity contribution in [2.45, 2.75) is 25.7 Å². The molecule has 0 spiro atoms. The van der Waals surface area contributed by atoms with Crippen molar-refractivity contribution in [2.24, 2.45) is 0 Å². The Morgan fingerprint density at radius 3 is 2.69 bits per heavy atom. The van der Waals surface area contributed by atoms with Crippen LogP contribution >= 0.6 is 0 Å². The summed E-state index contributed by atoms with van der Waals surface area (Å²) in [5.74, 6) is 0.915. The molecule has 4 rings (SSSR count). The fraction of sp³-hybridized carbons (Fsp3) is 0.269. The molecule has 0 unspecified atom stereocenters. The zero-order valence-corrected chi connectivity index (χ0v) is 18.4. The number of ketones is 1. The van der Waals surface area contributed by atoms with Gasteiger partial charge in [-0.3, -0.25) is 4.79 Å². The topological polar surface area (TPSA) is 67.3 Å². The number of anilines is 3. The normalized spacial score (nSPS) is 13.5. The van der Waals surface area contributed by atoms with E-state index in [0.717, 1.165) is 35.6 Å². The third kappa shape index (κ3) is 5.32. The highest BCUT2D eigenvalue weighted by molar-refractivity contribution is 5.91. The molecule has 6 heteroatoms. The highest BCUT2D eigenvalue weighted by Crippen LogP contribution is 2.27. The maximum atomic E-state index is 11.8. The Labute approximate surface area is 189 Å². The number of hydrogen-bond acceptors (Lipinski definition) is 6. The van der Waals surface area contributed by atoms with Crippen molar-refractivity contribution in [3.05, 3.63) is 72.8 Å². The first-order valence-electron chi connectivity index (χ1n) is 10.9. The van der Waals surface area contributed by atoms with Gasteiger partial charge in [0.2, 0.25) is 11.8 Å². The highest BCUT2D eigenvalue weighted by Gasteiger charge is 2.13. The molecule has 164 valence electrons. The molecule has 6 nitrogen and oxygen atoms in total. The minimum Gasteiger partial charge on any atom is -0.481 e. The van der Waals surface area contributed by atoms with Crippen LogP contribution in [0.1, 0.15) is 24.8 Å². The van der Waals surface area contributed by atoms with E-state index in [0.29, 0.717) is 18.2 Å². The number of carbonyl (C=O) groups is 1. The Balaban J connectivity index is 1.60. The van der Waals surface area contributed by atoms with Gasteiger partial charge in [-0.25, -0.2) is 4.98 Å². The smallest absolute Gasteiger partial charge is 0.231 e. The van der Waals surface area contributed by atoms with Crippen molar-refractivity contribution < 1.29 is 9.53 Å². The molecule has 1 aromatic heterocycles. The molecule has 1 N–H and O–H groups in total. The molecule has 0 amide bonds. The van der Waals surface area contributed by atoms with Crippen LogP contribution in [0.2, 0.25) is 0 Å². The Kier molecular flexibility index (Phi) is 6.80. The summed E-state index contributed by atoms with van der Waals surface area (Å²) in [5, 5.41) is 3.33. The maximum absolute atomic E-state index is 11.8. The minimum atomic E-state index is -0.0154. The van der Waals surface area contributed by atoms with E-state index in [1.165, 1.54) is 31.0 Å². The van der Waals surface area contributed by atoms with Crippen molar-refractivity contribution in [1.82, 2.24) is 9.97 Å². The van der Waals surface area contributed by atoms with Gasteiger partial charge in [-0.2, -0.15) is 4.98 Å². The average Bonchev–Trinajstić information content (AvgIpc) is 2.84. The van der Waals surface area contributed by atoms with E-state index in [2.05, 4.69) is 33.9 Å². The van der Waals surface area contributed by atoms with Crippen LogP contribution in [0, 0.1) is 0 Å². The van der Waals surface area contributed by atoms with E-state index in [9.17, 15) is 4.79 Å². The molecular formula is C26H28N4O2. The summed E-state index contributed by atoms with van der Waals surface area (Å²) in [6.07, 6.45) is 5.43. The highest BCUT2D eigenvalue weighted by atomic mass is 16.5. The first-order chi connectivity index (χ1) is 15.6. The molecule has 32 heavy (non-hydrogen) atoms. The Morgan fingerprint density at radius 1 is 1.09 bits per heavy atom. The molecule has 0 bridgehead atoms. The maximum Gasteiger partial charge on any atom is 0.231 e. The van der Waals surface area contributed by atoms with E-state index in [4.69, 9.17) is 9.72 Å². The van der Waals surface area contributed by atoms with E-state index in [1.807, 2.05) is 36.4 Å². The molecule has 1 aliphatic heterocycles. The lowest BCUT2D eigenvalue weighted by molar-refractivity contribution is -0.114. The van der Waals surface area contributed by atoms with Gasteiger partial charge >= 0.3 is 0 Å². The quantitative estimate of drug-likeness (QED) is 0.499. The van der Waals surface area contributed by atoms with Crippen molar-refractivity contribution in [3.8, 4) is 17.1 Å². The summed E-state index contributed by atoms with van der Waals surface area (Å²) in [6, 6.07) is 17.9. The lowest BCUT2D eigenvalue weighted by Gasteiger charge is -2.29. The zero-order valence-electron chi connectivity index (χ0n) is 18.4. The molecule has 1 fully saturated rings. The predicted molar refractivity (Wildman–Crippen MR) is 129 cm³/mol. The lowest BCUT2D eigenvalue weighted by atomic mass is 10.0. The van der Waals surface area contributed by atoms with E-state index in [-0.39, 0.29) is 5.78 Å². The molecule has 0 saturated carbocycles. The molecule has 1 aliphatic rings. The number of nitrogens with zero attached hydrogens (tertiary/aromatic N) is 3. The van der Waals surface area contributed by atoms with Gasteiger partial charge in [0.1, 0.15) is 0 Å². The Hall–Kier alpha value is -3.67. The van der Waals surface area contributed by atoms with Crippen LogP contribution in [-0.4, -0.2) is 36.0 Å². The summed E-state index contributed by atoms with van der Waals surface area (Å²) in [7, 11) is 1.59. The number of allylic oxidation sites excluding steroid dienone is 1.